The number of anilines is 1. The van der Waals surface area contributed by atoms with E-state index in [1.54, 1.807) is 7.05 Å². The Morgan fingerprint density at radius 2 is 1.82 bits per heavy atom. The molecule has 0 fully saturated rings. The summed E-state index contributed by atoms with van der Waals surface area (Å²) in [5.74, 6) is -0.0276. The summed E-state index contributed by atoms with van der Waals surface area (Å²) >= 11 is 0. The van der Waals surface area contributed by atoms with E-state index in [-0.39, 0.29) is 12.3 Å². The molecule has 2 N–H and O–H groups in total. The van der Waals surface area contributed by atoms with E-state index in [4.69, 9.17) is 5.73 Å². The molecule has 4 nitrogen and oxygen atoms in total. The van der Waals surface area contributed by atoms with E-state index in [2.05, 4.69) is 6.92 Å². The molecular formula is C12H20N2O2S. The number of sulfonamides is 1. The standard InChI is InChI=1S/C12H20N2O2S/c1-3-4-11-5-7-12(8-6-11)14(2)17(15,16)10-9-13/h5-8H,3-4,9-10,13H2,1-2H3. The third kappa shape index (κ3) is 3.71. The molecule has 0 unspecified atom stereocenters. The molecule has 0 aliphatic carbocycles. The molecule has 0 spiro atoms. The number of hydrogen-bond donors (Lipinski definition) is 1. The van der Waals surface area contributed by atoms with Crippen molar-refractivity contribution >= 4 is 15.7 Å². The lowest BCUT2D eigenvalue weighted by molar-refractivity contribution is 0.594. The molecule has 0 aromatic heterocycles. The summed E-state index contributed by atoms with van der Waals surface area (Å²) in [6.45, 7) is 2.26. The second-order valence-corrected chi connectivity index (χ2v) is 6.11. The lowest BCUT2D eigenvalue weighted by Gasteiger charge is -2.19. The Morgan fingerprint density at radius 3 is 2.29 bits per heavy atom. The molecular weight excluding hydrogens is 236 g/mol. The maximum Gasteiger partial charge on any atom is 0.236 e. The Bertz CT molecular complexity index is 440. The largest absolute Gasteiger partial charge is 0.329 e. The van der Waals surface area contributed by atoms with Gasteiger partial charge in [-0.15, -0.1) is 0 Å². The maximum absolute atomic E-state index is 11.8. The van der Waals surface area contributed by atoms with Crippen LogP contribution in [-0.4, -0.2) is 27.8 Å². The van der Waals surface area contributed by atoms with Crippen molar-refractivity contribution in [1.29, 1.82) is 0 Å². The van der Waals surface area contributed by atoms with Crippen molar-refractivity contribution in [2.45, 2.75) is 19.8 Å². The first-order valence-electron chi connectivity index (χ1n) is 5.77. The summed E-state index contributed by atoms with van der Waals surface area (Å²) in [4.78, 5) is 0. The average molecular weight is 256 g/mol. The molecule has 0 aliphatic heterocycles. The van der Waals surface area contributed by atoms with Crippen LogP contribution < -0.4 is 10.0 Å². The number of aryl methyl sites for hydroxylation is 1. The minimum Gasteiger partial charge on any atom is -0.329 e. The molecule has 0 heterocycles. The van der Waals surface area contributed by atoms with Gasteiger partial charge in [0, 0.05) is 13.6 Å². The first kappa shape index (κ1) is 14.0. The van der Waals surface area contributed by atoms with E-state index in [9.17, 15) is 8.42 Å². The van der Waals surface area contributed by atoms with Gasteiger partial charge in [-0.1, -0.05) is 25.5 Å². The van der Waals surface area contributed by atoms with Crippen LogP contribution in [0.1, 0.15) is 18.9 Å². The van der Waals surface area contributed by atoms with Gasteiger partial charge in [0.15, 0.2) is 0 Å². The molecule has 0 bridgehead atoms. The fourth-order valence-corrected chi connectivity index (χ4v) is 2.62. The molecule has 0 radical (unpaired) electrons. The van der Waals surface area contributed by atoms with E-state index in [0.29, 0.717) is 5.69 Å². The van der Waals surface area contributed by atoms with Crippen LogP contribution in [0.3, 0.4) is 0 Å². The number of benzene rings is 1. The summed E-state index contributed by atoms with van der Waals surface area (Å²) in [5, 5.41) is 0. The highest BCUT2D eigenvalue weighted by Gasteiger charge is 2.16. The molecule has 0 aliphatic rings. The molecule has 0 saturated carbocycles. The van der Waals surface area contributed by atoms with Gasteiger partial charge in [-0.2, -0.15) is 0 Å². The molecule has 1 aromatic rings. The molecule has 1 aromatic carbocycles. The van der Waals surface area contributed by atoms with Gasteiger partial charge in [-0.3, -0.25) is 4.31 Å². The van der Waals surface area contributed by atoms with Crippen LogP contribution in [0.25, 0.3) is 0 Å². The minimum atomic E-state index is -3.28. The smallest absolute Gasteiger partial charge is 0.236 e. The molecule has 5 heteroatoms. The van der Waals surface area contributed by atoms with Crippen molar-refractivity contribution in [3.63, 3.8) is 0 Å². The first-order valence-corrected chi connectivity index (χ1v) is 7.37. The van der Waals surface area contributed by atoms with E-state index >= 15 is 0 Å². The van der Waals surface area contributed by atoms with Gasteiger partial charge in [0.1, 0.15) is 0 Å². The summed E-state index contributed by atoms with van der Waals surface area (Å²) in [6.07, 6.45) is 2.10. The summed E-state index contributed by atoms with van der Waals surface area (Å²) < 4.78 is 24.9. The Kier molecular flexibility index (Phi) is 4.96. The quantitative estimate of drug-likeness (QED) is 0.836. The number of hydrogen-bond acceptors (Lipinski definition) is 3. The predicted molar refractivity (Wildman–Crippen MR) is 71.7 cm³/mol. The first-order chi connectivity index (χ1) is 8.01. The van der Waals surface area contributed by atoms with Gasteiger partial charge in [-0.05, 0) is 24.1 Å². The molecule has 0 atom stereocenters. The van der Waals surface area contributed by atoms with E-state index < -0.39 is 10.0 Å². The van der Waals surface area contributed by atoms with E-state index in [1.807, 2.05) is 24.3 Å². The van der Waals surface area contributed by atoms with Crippen molar-refractivity contribution < 1.29 is 8.42 Å². The van der Waals surface area contributed by atoms with Gasteiger partial charge in [-0.25, -0.2) is 8.42 Å². The molecule has 0 amide bonds. The molecule has 1 rings (SSSR count). The molecule has 17 heavy (non-hydrogen) atoms. The fourth-order valence-electron chi connectivity index (χ4n) is 1.61. The van der Waals surface area contributed by atoms with Crippen molar-refractivity contribution in [3.05, 3.63) is 29.8 Å². The maximum atomic E-state index is 11.8. The molecule has 0 saturated heterocycles. The highest BCUT2D eigenvalue weighted by Crippen LogP contribution is 2.17. The summed E-state index contributed by atoms with van der Waals surface area (Å²) in [7, 11) is -1.72. The van der Waals surface area contributed by atoms with E-state index in [0.717, 1.165) is 12.8 Å². The van der Waals surface area contributed by atoms with Crippen molar-refractivity contribution in [2.75, 3.05) is 23.7 Å². The second kappa shape index (κ2) is 6.02. The van der Waals surface area contributed by atoms with E-state index in [1.165, 1.54) is 9.87 Å². The van der Waals surface area contributed by atoms with Gasteiger partial charge >= 0.3 is 0 Å². The van der Waals surface area contributed by atoms with Gasteiger partial charge < -0.3 is 5.73 Å². The molecule has 96 valence electrons. The topological polar surface area (TPSA) is 63.4 Å². The lowest BCUT2D eigenvalue weighted by Crippen LogP contribution is -2.31. The van der Waals surface area contributed by atoms with Crippen LogP contribution in [0.5, 0.6) is 0 Å². The summed E-state index contributed by atoms with van der Waals surface area (Å²) in [6, 6.07) is 7.60. The Hall–Kier alpha value is -1.07. The number of rotatable bonds is 6. The summed E-state index contributed by atoms with van der Waals surface area (Å²) in [5.41, 5.74) is 7.19. The fraction of sp³-hybridized carbons (Fsp3) is 0.500. The van der Waals surface area contributed by atoms with Gasteiger partial charge in [0.25, 0.3) is 0 Å². The monoisotopic (exact) mass is 256 g/mol. The van der Waals surface area contributed by atoms with Crippen LogP contribution in [0.4, 0.5) is 5.69 Å². The van der Waals surface area contributed by atoms with Crippen LogP contribution in [0, 0.1) is 0 Å². The van der Waals surface area contributed by atoms with Gasteiger partial charge in [0.2, 0.25) is 10.0 Å². The zero-order valence-corrected chi connectivity index (χ0v) is 11.2. The highest BCUT2D eigenvalue weighted by molar-refractivity contribution is 7.92. The van der Waals surface area contributed by atoms with Crippen molar-refractivity contribution in [3.8, 4) is 0 Å². The predicted octanol–water partition coefficient (Wildman–Crippen LogP) is 1.36. The Balaban J connectivity index is 2.86. The van der Waals surface area contributed by atoms with Gasteiger partial charge in [0.05, 0.1) is 11.4 Å². The SMILES string of the molecule is CCCc1ccc(N(C)S(=O)(=O)CCN)cc1. The second-order valence-electron chi connectivity index (χ2n) is 3.99. The third-order valence-corrected chi connectivity index (χ3v) is 4.43. The lowest BCUT2D eigenvalue weighted by atomic mass is 10.1. The highest BCUT2D eigenvalue weighted by atomic mass is 32.2. The zero-order valence-electron chi connectivity index (χ0n) is 10.4. The Morgan fingerprint density at radius 1 is 1.24 bits per heavy atom. The van der Waals surface area contributed by atoms with Crippen molar-refractivity contribution in [2.24, 2.45) is 5.73 Å². The van der Waals surface area contributed by atoms with Crippen LogP contribution >= 0.6 is 0 Å². The van der Waals surface area contributed by atoms with Crippen LogP contribution in [0.15, 0.2) is 24.3 Å². The van der Waals surface area contributed by atoms with Crippen molar-refractivity contribution in [1.82, 2.24) is 0 Å². The zero-order chi connectivity index (χ0) is 12.9. The normalized spacial score (nSPS) is 11.5. The van der Waals surface area contributed by atoms with Crippen LogP contribution in [0.2, 0.25) is 0 Å². The third-order valence-electron chi connectivity index (χ3n) is 2.63. The number of nitrogens with zero attached hydrogens (tertiary/aromatic N) is 1. The van der Waals surface area contributed by atoms with Crippen LogP contribution in [-0.2, 0) is 16.4 Å². The average Bonchev–Trinajstić information content (AvgIpc) is 2.29. The number of nitrogens with two attached hydrogens (primary N) is 1. The Labute approximate surface area is 103 Å². The minimum absolute atomic E-state index is 0.0276.